The van der Waals surface area contributed by atoms with Crippen molar-refractivity contribution in [3.63, 3.8) is 0 Å². The van der Waals surface area contributed by atoms with Gasteiger partial charge in [0, 0.05) is 30.4 Å². The zero-order valence-electron chi connectivity index (χ0n) is 18.4. The first-order chi connectivity index (χ1) is 14.4. The second kappa shape index (κ2) is 10.7. The molecule has 0 unspecified atom stereocenters. The first-order valence-electron chi connectivity index (χ1n) is 10.4. The molecule has 158 valence electrons. The van der Waals surface area contributed by atoms with Crippen LogP contribution in [0.2, 0.25) is 0 Å². The molecule has 2 rings (SSSR count). The lowest BCUT2D eigenvalue weighted by Gasteiger charge is -2.30. The monoisotopic (exact) mass is 405 g/mol. The van der Waals surface area contributed by atoms with Crippen LogP contribution in [0.5, 0.6) is 5.75 Å². The molecule has 1 aromatic carbocycles. The van der Waals surface area contributed by atoms with E-state index >= 15 is 0 Å². The molecule has 5 heteroatoms. The van der Waals surface area contributed by atoms with Gasteiger partial charge in [-0.1, -0.05) is 32.1 Å². The maximum Gasteiger partial charge on any atom is 0.132 e. The van der Waals surface area contributed by atoms with Crippen molar-refractivity contribution in [2.45, 2.75) is 40.5 Å². The molecule has 0 saturated carbocycles. The summed E-state index contributed by atoms with van der Waals surface area (Å²) in [6, 6.07) is 10.1. The van der Waals surface area contributed by atoms with E-state index in [-0.39, 0.29) is 24.2 Å². The van der Waals surface area contributed by atoms with Crippen molar-refractivity contribution in [2.75, 3.05) is 31.2 Å². The minimum Gasteiger partial charge on any atom is -0.490 e. The standard InChI is InChI=1S/C25H31N3O2/c1-5-28(6-2)23-10-9-20(24(14-23)30-12-11-29)8-7-19-13-21(22(17-26)18-27)16-25(3,4)15-19/h7-10,13-14,29H,5-6,11-12,15-16H2,1-4H3/b8-7+. The van der Waals surface area contributed by atoms with Gasteiger partial charge in [0.2, 0.25) is 0 Å². The van der Waals surface area contributed by atoms with E-state index in [9.17, 15) is 15.6 Å². The Bertz CT molecular complexity index is 907. The largest absolute Gasteiger partial charge is 0.490 e. The van der Waals surface area contributed by atoms with E-state index in [1.165, 1.54) is 0 Å². The Morgan fingerprint density at radius 2 is 1.87 bits per heavy atom. The Labute approximate surface area is 180 Å². The second-order valence-electron chi connectivity index (χ2n) is 8.16. The van der Waals surface area contributed by atoms with Crippen molar-refractivity contribution >= 4 is 11.8 Å². The molecule has 0 fully saturated rings. The molecule has 0 amide bonds. The lowest BCUT2D eigenvalue weighted by Crippen LogP contribution is -2.21. The van der Waals surface area contributed by atoms with Gasteiger partial charge in [-0.05, 0) is 55.4 Å². The van der Waals surface area contributed by atoms with Crippen molar-refractivity contribution in [2.24, 2.45) is 5.41 Å². The minimum absolute atomic E-state index is 0.0223. The van der Waals surface area contributed by atoms with Crippen LogP contribution in [0.25, 0.3) is 6.08 Å². The fourth-order valence-electron chi connectivity index (χ4n) is 3.82. The SMILES string of the molecule is CCN(CC)c1ccc(/C=C/C2=CC(=C(C#N)C#N)CC(C)(C)C2)c(OCCO)c1. The average Bonchev–Trinajstić information content (AvgIpc) is 2.72. The van der Waals surface area contributed by atoms with E-state index in [1.54, 1.807) is 0 Å². The van der Waals surface area contributed by atoms with Crippen molar-refractivity contribution < 1.29 is 9.84 Å². The molecule has 0 atom stereocenters. The zero-order chi connectivity index (χ0) is 22.1. The van der Waals surface area contributed by atoms with Gasteiger partial charge in [-0.25, -0.2) is 0 Å². The first-order valence-corrected chi connectivity index (χ1v) is 10.4. The average molecular weight is 406 g/mol. The maximum absolute atomic E-state index is 9.25. The summed E-state index contributed by atoms with van der Waals surface area (Å²) < 4.78 is 5.80. The van der Waals surface area contributed by atoms with Crippen LogP contribution in [-0.2, 0) is 0 Å². The highest BCUT2D eigenvalue weighted by atomic mass is 16.5. The van der Waals surface area contributed by atoms with Crippen LogP contribution in [0, 0.1) is 28.1 Å². The van der Waals surface area contributed by atoms with Gasteiger partial charge in [0.15, 0.2) is 0 Å². The third-order valence-corrected chi connectivity index (χ3v) is 5.21. The fourth-order valence-corrected chi connectivity index (χ4v) is 3.82. The van der Waals surface area contributed by atoms with Gasteiger partial charge < -0.3 is 14.7 Å². The quantitative estimate of drug-likeness (QED) is 0.615. The maximum atomic E-state index is 9.25. The number of ether oxygens (including phenoxy) is 1. The Morgan fingerprint density at radius 3 is 2.47 bits per heavy atom. The van der Waals surface area contributed by atoms with Crippen LogP contribution in [-0.4, -0.2) is 31.4 Å². The molecule has 1 aliphatic rings. The summed E-state index contributed by atoms with van der Waals surface area (Å²) >= 11 is 0. The summed E-state index contributed by atoms with van der Waals surface area (Å²) in [6.45, 7) is 10.5. The van der Waals surface area contributed by atoms with E-state index in [0.717, 1.165) is 47.7 Å². The van der Waals surface area contributed by atoms with Gasteiger partial charge in [-0.15, -0.1) is 0 Å². The van der Waals surface area contributed by atoms with Crippen LogP contribution in [0.1, 0.15) is 46.1 Å². The summed E-state index contributed by atoms with van der Waals surface area (Å²) in [7, 11) is 0. The Balaban J connectivity index is 2.41. The molecule has 30 heavy (non-hydrogen) atoms. The first kappa shape index (κ1) is 23.3. The molecular formula is C25H31N3O2. The third-order valence-electron chi connectivity index (χ3n) is 5.21. The number of rotatable bonds is 8. The summed E-state index contributed by atoms with van der Waals surface area (Å²) in [5.41, 5.74) is 4.04. The highest BCUT2D eigenvalue weighted by Gasteiger charge is 2.26. The summed E-state index contributed by atoms with van der Waals surface area (Å²) in [4.78, 5) is 2.24. The van der Waals surface area contributed by atoms with Crippen molar-refractivity contribution in [1.29, 1.82) is 10.5 Å². The van der Waals surface area contributed by atoms with Crippen LogP contribution in [0.15, 0.2) is 47.1 Å². The van der Waals surface area contributed by atoms with E-state index in [4.69, 9.17) is 4.74 Å². The summed E-state index contributed by atoms with van der Waals surface area (Å²) in [5, 5.41) is 27.7. The van der Waals surface area contributed by atoms with Gasteiger partial charge in [-0.3, -0.25) is 0 Å². The Hall–Kier alpha value is -3.02. The van der Waals surface area contributed by atoms with E-state index in [1.807, 2.05) is 42.5 Å². The van der Waals surface area contributed by atoms with Gasteiger partial charge in [0.05, 0.1) is 6.61 Å². The molecule has 0 bridgehead atoms. The van der Waals surface area contributed by atoms with Crippen molar-refractivity contribution in [1.82, 2.24) is 0 Å². The lowest BCUT2D eigenvalue weighted by molar-refractivity contribution is 0.201. The number of nitrogens with zero attached hydrogens (tertiary/aromatic N) is 3. The van der Waals surface area contributed by atoms with Crippen LogP contribution < -0.4 is 9.64 Å². The highest BCUT2D eigenvalue weighted by Crippen LogP contribution is 2.40. The molecule has 1 aromatic rings. The van der Waals surface area contributed by atoms with Gasteiger partial charge in [0.25, 0.3) is 0 Å². The smallest absolute Gasteiger partial charge is 0.132 e. The third kappa shape index (κ3) is 5.99. The molecule has 0 aliphatic heterocycles. The van der Waals surface area contributed by atoms with Gasteiger partial charge >= 0.3 is 0 Å². The Kier molecular flexibility index (Phi) is 8.27. The molecule has 1 N–H and O–H groups in total. The number of nitriles is 2. The molecule has 0 radical (unpaired) electrons. The topological polar surface area (TPSA) is 80.3 Å². The molecule has 0 spiro atoms. The predicted octanol–water partition coefficient (Wildman–Crippen LogP) is 5.01. The van der Waals surface area contributed by atoms with E-state index < -0.39 is 0 Å². The zero-order valence-corrected chi connectivity index (χ0v) is 18.4. The van der Waals surface area contributed by atoms with E-state index in [0.29, 0.717) is 6.42 Å². The van der Waals surface area contributed by atoms with Crippen LogP contribution in [0.4, 0.5) is 5.69 Å². The van der Waals surface area contributed by atoms with E-state index in [2.05, 4.69) is 38.7 Å². The van der Waals surface area contributed by atoms with Crippen molar-refractivity contribution in [3.8, 4) is 17.9 Å². The van der Waals surface area contributed by atoms with Crippen molar-refractivity contribution in [3.05, 3.63) is 52.6 Å². The second-order valence-corrected chi connectivity index (χ2v) is 8.16. The Morgan fingerprint density at radius 1 is 1.17 bits per heavy atom. The fraction of sp³-hybridized carbons (Fsp3) is 0.440. The molecule has 1 aliphatic carbocycles. The lowest BCUT2D eigenvalue weighted by atomic mass is 9.74. The van der Waals surface area contributed by atoms with Crippen LogP contribution >= 0.6 is 0 Å². The number of hydrogen-bond donors (Lipinski definition) is 1. The molecule has 0 saturated heterocycles. The number of aliphatic hydroxyl groups is 1. The van der Waals surface area contributed by atoms with Gasteiger partial charge in [-0.2, -0.15) is 10.5 Å². The molecule has 0 aromatic heterocycles. The highest BCUT2D eigenvalue weighted by molar-refractivity contribution is 5.65. The predicted molar refractivity (Wildman–Crippen MR) is 121 cm³/mol. The molecule has 0 heterocycles. The number of aliphatic hydroxyl groups excluding tert-OH is 1. The number of benzene rings is 1. The molecule has 5 nitrogen and oxygen atoms in total. The summed E-state index contributed by atoms with van der Waals surface area (Å²) in [5.74, 6) is 0.728. The number of hydrogen-bond acceptors (Lipinski definition) is 5. The molecular weight excluding hydrogens is 374 g/mol. The van der Waals surface area contributed by atoms with Crippen LogP contribution in [0.3, 0.4) is 0 Å². The van der Waals surface area contributed by atoms with Gasteiger partial charge in [0.1, 0.15) is 30.1 Å². The minimum atomic E-state index is -0.0444. The normalized spacial score (nSPS) is 15.3. The number of allylic oxidation sites excluding steroid dienone is 5. The summed E-state index contributed by atoms with van der Waals surface area (Å²) in [6.07, 6.45) is 7.57. The number of anilines is 1.